The number of nitrogens with zero attached hydrogens (tertiary/aromatic N) is 2. The fraction of sp³-hybridized carbons (Fsp3) is 0.500. The Balaban J connectivity index is 1.79. The van der Waals surface area contributed by atoms with E-state index in [-0.39, 0.29) is 28.9 Å². The average Bonchev–Trinajstić information content (AvgIpc) is 3.18. The fourth-order valence-electron chi connectivity index (χ4n) is 3.18. The molecule has 0 aromatic carbocycles. The van der Waals surface area contributed by atoms with Crippen molar-refractivity contribution in [3.63, 3.8) is 0 Å². The predicted molar refractivity (Wildman–Crippen MR) is 102 cm³/mol. The van der Waals surface area contributed by atoms with Crippen LogP contribution in [0.15, 0.2) is 24.4 Å². The first kappa shape index (κ1) is 19.3. The molecule has 27 heavy (non-hydrogen) atoms. The number of imidazole rings is 1. The molecule has 0 spiro atoms. The zero-order valence-corrected chi connectivity index (χ0v) is 16.1. The molecule has 3 rings (SSSR count). The van der Waals surface area contributed by atoms with E-state index in [1.54, 1.807) is 28.8 Å². The van der Waals surface area contributed by atoms with E-state index >= 15 is 0 Å². The second kappa shape index (κ2) is 8.08. The van der Waals surface area contributed by atoms with Gasteiger partial charge in [-0.2, -0.15) is 0 Å². The highest BCUT2D eigenvalue weighted by molar-refractivity contribution is 7.91. The molecule has 0 saturated carbocycles. The summed E-state index contributed by atoms with van der Waals surface area (Å²) in [5, 5.41) is 5.56. The van der Waals surface area contributed by atoms with Crippen molar-refractivity contribution >= 4 is 27.2 Å². The molecule has 0 radical (unpaired) electrons. The van der Waals surface area contributed by atoms with Crippen molar-refractivity contribution in [3.05, 3.63) is 35.9 Å². The highest BCUT2D eigenvalue weighted by Crippen LogP contribution is 2.16. The van der Waals surface area contributed by atoms with Gasteiger partial charge in [0.25, 0.3) is 11.8 Å². The SMILES string of the molecule is CCCCCNC(=O)c1nc(C(=O)NC2CCS(=O)(=O)C2)c2ccccn12. The number of aromatic nitrogens is 2. The Kier molecular flexibility index (Phi) is 5.79. The van der Waals surface area contributed by atoms with Gasteiger partial charge in [-0.3, -0.25) is 14.0 Å². The van der Waals surface area contributed by atoms with Crippen molar-refractivity contribution in [2.45, 2.75) is 38.6 Å². The van der Waals surface area contributed by atoms with Crippen LogP contribution in [-0.4, -0.2) is 53.7 Å². The molecule has 2 aromatic rings. The van der Waals surface area contributed by atoms with Gasteiger partial charge in [0.15, 0.2) is 15.5 Å². The van der Waals surface area contributed by atoms with Crippen LogP contribution in [0.3, 0.4) is 0 Å². The summed E-state index contributed by atoms with van der Waals surface area (Å²) >= 11 is 0. The van der Waals surface area contributed by atoms with Gasteiger partial charge in [-0.15, -0.1) is 0 Å². The van der Waals surface area contributed by atoms with E-state index in [0.717, 1.165) is 19.3 Å². The smallest absolute Gasteiger partial charge is 0.287 e. The van der Waals surface area contributed by atoms with Crippen LogP contribution in [0.4, 0.5) is 0 Å². The summed E-state index contributed by atoms with van der Waals surface area (Å²) in [5.74, 6) is -0.644. The van der Waals surface area contributed by atoms with Crippen molar-refractivity contribution in [1.29, 1.82) is 0 Å². The molecule has 2 N–H and O–H groups in total. The molecule has 0 aliphatic carbocycles. The van der Waals surface area contributed by atoms with Crippen LogP contribution >= 0.6 is 0 Å². The summed E-state index contributed by atoms with van der Waals surface area (Å²) in [4.78, 5) is 29.4. The second-order valence-corrected chi connectivity index (χ2v) is 9.01. The second-order valence-electron chi connectivity index (χ2n) is 6.78. The third-order valence-corrected chi connectivity index (χ3v) is 6.37. The third kappa shape index (κ3) is 4.47. The minimum absolute atomic E-state index is 0.0602. The number of pyridine rings is 1. The molecule has 9 heteroatoms. The normalized spacial score (nSPS) is 18.5. The average molecular weight is 392 g/mol. The molecule has 3 heterocycles. The van der Waals surface area contributed by atoms with E-state index in [9.17, 15) is 18.0 Å². The van der Waals surface area contributed by atoms with E-state index < -0.39 is 21.8 Å². The van der Waals surface area contributed by atoms with E-state index in [1.165, 1.54) is 0 Å². The summed E-state index contributed by atoms with van der Waals surface area (Å²) in [5.41, 5.74) is 0.633. The lowest BCUT2D eigenvalue weighted by Gasteiger charge is -2.09. The van der Waals surface area contributed by atoms with Crippen molar-refractivity contribution in [3.8, 4) is 0 Å². The van der Waals surface area contributed by atoms with Crippen LogP contribution in [0.2, 0.25) is 0 Å². The molecule has 1 atom stereocenters. The van der Waals surface area contributed by atoms with Gasteiger partial charge in [-0.1, -0.05) is 25.8 Å². The van der Waals surface area contributed by atoms with Crippen LogP contribution in [0, 0.1) is 0 Å². The first-order valence-electron chi connectivity index (χ1n) is 9.18. The maximum absolute atomic E-state index is 12.6. The van der Waals surface area contributed by atoms with Gasteiger partial charge >= 0.3 is 0 Å². The third-order valence-electron chi connectivity index (χ3n) is 4.60. The zero-order chi connectivity index (χ0) is 19.4. The summed E-state index contributed by atoms with van der Waals surface area (Å²) in [6.45, 7) is 2.64. The fourth-order valence-corrected chi connectivity index (χ4v) is 4.86. The Bertz CT molecular complexity index is 951. The number of sulfone groups is 1. The Labute approximate surface area is 158 Å². The van der Waals surface area contributed by atoms with Gasteiger partial charge in [0.2, 0.25) is 5.82 Å². The number of amides is 2. The van der Waals surface area contributed by atoms with Gasteiger partial charge in [0.1, 0.15) is 0 Å². The highest BCUT2D eigenvalue weighted by atomic mass is 32.2. The van der Waals surface area contributed by atoms with Crippen molar-refractivity contribution in [2.75, 3.05) is 18.1 Å². The molecular weight excluding hydrogens is 368 g/mol. The summed E-state index contributed by atoms with van der Waals surface area (Å²) in [6.07, 6.45) is 5.05. The molecule has 2 aromatic heterocycles. The number of nitrogens with one attached hydrogen (secondary N) is 2. The highest BCUT2D eigenvalue weighted by Gasteiger charge is 2.30. The quantitative estimate of drug-likeness (QED) is 0.688. The first-order valence-corrected chi connectivity index (χ1v) is 11.0. The van der Waals surface area contributed by atoms with Crippen LogP contribution < -0.4 is 10.6 Å². The standard InChI is InChI=1S/C18H24N4O4S/c1-2-3-5-9-19-18(24)16-21-15(14-7-4-6-10-22(14)16)17(23)20-13-8-11-27(25,26)12-13/h4,6-7,10,13H,2-3,5,8-9,11-12H2,1H3,(H,19,24)(H,20,23). The van der Waals surface area contributed by atoms with Crippen molar-refractivity contribution < 1.29 is 18.0 Å². The number of hydrogen-bond donors (Lipinski definition) is 2. The lowest BCUT2D eigenvalue weighted by molar-refractivity contribution is 0.0938. The maximum Gasteiger partial charge on any atom is 0.287 e. The molecule has 1 aliphatic heterocycles. The summed E-state index contributed by atoms with van der Waals surface area (Å²) in [6, 6.07) is 4.81. The number of unbranched alkanes of at least 4 members (excludes halogenated alkanes) is 2. The largest absolute Gasteiger partial charge is 0.349 e. The predicted octanol–water partition coefficient (Wildman–Crippen LogP) is 1.17. The van der Waals surface area contributed by atoms with Gasteiger partial charge in [-0.25, -0.2) is 13.4 Å². The molecule has 2 amide bonds. The number of fused-ring (bicyclic) bond motifs is 1. The Morgan fingerprint density at radius 3 is 2.78 bits per heavy atom. The molecule has 146 valence electrons. The lowest BCUT2D eigenvalue weighted by atomic mass is 10.2. The monoisotopic (exact) mass is 392 g/mol. The van der Waals surface area contributed by atoms with Crippen molar-refractivity contribution in [1.82, 2.24) is 20.0 Å². The topological polar surface area (TPSA) is 110 Å². The van der Waals surface area contributed by atoms with E-state index in [1.807, 2.05) is 0 Å². The van der Waals surface area contributed by atoms with Gasteiger partial charge < -0.3 is 10.6 Å². The van der Waals surface area contributed by atoms with Crippen LogP contribution in [0.1, 0.15) is 53.7 Å². The molecule has 1 fully saturated rings. The van der Waals surface area contributed by atoms with Gasteiger partial charge in [0.05, 0.1) is 17.0 Å². The van der Waals surface area contributed by atoms with Crippen molar-refractivity contribution in [2.24, 2.45) is 0 Å². The number of carbonyl (C=O) groups is 2. The van der Waals surface area contributed by atoms with Crippen LogP contribution in [-0.2, 0) is 9.84 Å². The zero-order valence-electron chi connectivity index (χ0n) is 15.3. The minimum atomic E-state index is -3.09. The van der Waals surface area contributed by atoms with Crippen LogP contribution in [0.25, 0.3) is 5.52 Å². The molecular formula is C18H24N4O4S. The lowest BCUT2D eigenvalue weighted by Crippen LogP contribution is -2.36. The molecule has 0 bridgehead atoms. The summed E-state index contributed by atoms with van der Waals surface area (Å²) in [7, 11) is -3.09. The maximum atomic E-state index is 12.6. The Morgan fingerprint density at radius 1 is 1.26 bits per heavy atom. The molecule has 1 unspecified atom stereocenters. The number of rotatable bonds is 7. The molecule has 1 aliphatic rings. The Morgan fingerprint density at radius 2 is 2.07 bits per heavy atom. The Hall–Kier alpha value is -2.42. The number of hydrogen-bond acceptors (Lipinski definition) is 5. The molecule has 1 saturated heterocycles. The van der Waals surface area contributed by atoms with Gasteiger partial charge in [0, 0.05) is 18.8 Å². The van der Waals surface area contributed by atoms with Crippen LogP contribution in [0.5, 0.6) is 0 Å². The van der Waals surface area contributed by atoms with Gasteiger partial charge in [-0.05, 0) is 25.0 Å². The summed E-state index contributed by atoms with van der Waals surface area (Å²) < 4.78 is 24.8. The van der Waals surface area contributed by atoms with E-state index in [4.69, 9.17) is 0 Å². The number of carbonyl (C=O) groups excluding carboxylic acids is 2. The van der Waals surface area contributed by atoms with E-state index in [0.29, 0.717) is 18.5 Å². The minimum Gasteiger partial charge on any atom is -0.349 e. The van der Waals surface area contributed by atoms with E-state index in [2.05, 4.69) is 22.5 Å². The first-order chi connectivity index (χ1) is 12.9. The molecule has 8 nitrogen and oxygen atoms in total.